The number of aliphatic hydroxyl groups excluding tert-OH is 1. The van der Waals surface area contributed by atoms with Crippen LogP contribution in [0.15, 0.2) is 30.5 Å². The number of pyridine rings is 1. The normalized spacial score (nSPS) is 18.9. The predicted molar refractivity (Wildman–Crippen MR) is 81.8 cm³/mol. The molecule has 1 aliphatic rings. The van der Waals surface area contributed by atoms with E-state index in [4.69, 9.17) is 0 Å². The minimum absolute atomic E-state index is 0.265. The molecule has 1 aromatic carbocycles. The lowest BCUT2D eigenvalue weighted by atomic mass is 9.90. The van der Waals surface area contributed by atoms with Gasteiger partial charge in [0.25, 0.3) is 0 Å². The Kier molecular flexibility index (Phi) is 4.73. The van der Waals surface area contributed by atoms with E-state index in [-0.39, 0.29) is 18.7 Å². The summed E-state index contributed by atoms with van der Waals surface area (Å²) in [5.41, 5.74) is 1.43. The van der Waals surface area contributed by atoms with Crippen LogP contribution >= 0.6 is 0 Å². The predicted octanol–water partition coefficient (Wildman–Crippen LogP) is 3.51. The summed E-state index contributed by atoms with van der Waals surface area (Å²) in [6.45, 7) is 1.30. The monoisotopic (exact) mass is 342 g/mol. The first kappa shape index (κ1) is 17.1. The molecule has 1 aliphatic heterocycles. The highest BCUT2D eigenvalue weighted by atomic mass is 19.4. The molecular formula is C17H18F4N2O. The van der Waals surface area contributed by atoms with Gasteiger partial charge < -0.3 is 5.11 Å². The highest BCUT2D eigenvalue weighted by molar-refractivity contribution is 5.81. The van der Waals surface area contributed by atoms with Crippen LogP contribution in [0.1, 0.15) is 18.4 Å². The van der Waals surface area contributed by atoms with Gasteiger partial charge in [-0.15, -0.1) is 0 Å². The third-order valence-corrected chi connectivity index (χ3v) is 4.56. The molecule has 130 valence electrons. The van der Waals surface area contributed by atoms with Gasteiger partial charge in [-0.1, -0.05) is 6.07 Å². The number of rotatable bonds is 3. The van der Waals surface area contributed by atoms with E-state index in [9.17, 15) is 22.7 Å². The lowest BCUT2D eigenvalue weighted by Gasteiger charge is -2.34. The van der Waals surface area contributed by atoms with Crippen molar-refractivity contribution >= 4 is 10.9 Å². The summed E-state index contributed by atoms with van der Waals surface area (Å²) in [6, 6.07) is 6.35. The number of hydrogen-bond acceptors (Lipinski definition) is 3. The van der Waals surface area contributed by atoms with Crippen LogP contribution in [0.3, 0.4) is 0 Å². The molecule has 24 heavy (non-hydrogen) atoms. The SMILES string of the molecule is OC(C1CCN(Cc2cc(F)cc3cccnc23)CC1)C(F)(F)F. The number of alkyl halides is 3. The molecule has 0 radical (unpaired) electrons. The van der Waals surface area contributed by atoms with E-state index < -0.39 is 18.2 Å². The van der Waals surface area contributed by atoms with Gasteiger partial charge in [0.05, 0.1) is 5.52 Å². The van der Waals surface area contributed by atoms with E-state index in [0.717, 1.165) is 5.56 Å². The minimum atomic E-state index is -4.57. The second kappa shape index (κ2) is 6.64. The summed E-state index contributed by atoms with van der Waals surface area (Å²) < 4.78 is 51.5. The average Bonchev–Trinajstić information content (AvgIpc) is 2.54. The number of nitrogens with zero attached hydrogens (tertiary/aromatic N) is 2. The largest absolute Gasteiger partial charge is 0.414 e. The van der Waals surface area contributed by atoms with E-state index in [1.807, 2.05) is 4.90 Å². The van der Waals surface area contributed by atoms with Crippen molar-refractivity contribution in [1.29, 1.82) is 0 Å². The van der Waals surface area contributed by atoms with Crippen LogP contribution in [0.2, 0.25) is 0 Å². The number of aliphatic hydroxyl groups is 1. The average molecular weight is 342 g/mol. The smallest absolute Gasteiger partial charge is 0.383 e. The summed E-state index contributed by atoms with van der Waals surface area (Å²) in [4.78, 5) is 6.26. The molecule has 1 N–H and O–H groups in total. The van der Waals surface area contributed by atoms with Gasteiger partial charge in [-0.25, -0.2) is 4.39 Å². The molecule has 1 fully saturated rings. The summed E-state index contributed by atoms with van der Waals surface area (Å²) in [6.07, 6.45) is -4.68. The molecule has 0 amide bonds. The maximum Gasteiger partial charge on any atom is 0.414 e. The molecule has 7 heteroatoms. The Bertz CT molecular complexity index is 711. The quantitative estimate of drug-likeness (QED) is 0.867. The minimum Gasteiger partial charge on any atom is -0.383 e. The van der Waals surface area contributed by atoms with E-state index in [1.165, 1.54) is 12.1 Å². The molecule has 3 nitrogen and oxygen atoms in total. The summed E-state index contributed by atoms with van der Waals surface area (Å²) in [7, 11) is 0. The summed E-state index contributed by atoms with van der Waals surface area (Å²) in [5, 5.41) is 10.1. The van der Waals surface area contributed by atoms with Crippen LogP contribution in [-0.2, 0) is 6.54 Å². The molecule has 1 aromatic heterocycles. The van der Waals surface area contributed by atoms with Crippen molar-refractivity contribution in [1.82, 2.24) is 9.88 Å². The van der Waals surface area contributed by atoms with Crippen LogP contribution in [-0.4, -0.2) is 40.4 Å². The molecule has 0 spiro atoms. The Morgan fingerprint density at radius 1 is 1.25 bits per heavy atom. The fraction of sp³-hybridized carbons (Fsp3) is 0.471. The third kappa shape index (κ3) is 3.67. The van der Waals surface area contributed by atoms with Crippen molar-refractivity contribution in [3.05, 3.63) is 41.8 Å². The second-order valence-corrected chi connectivity index (χ2v) is 6.24. The highest BCUT2D eigenvalue weighted by Gasteiger charge is 2.44. The van der Waals surface area contributed by atoms with E-state index in [1.54, 1.807) is 18.3 Å². The lowest BCUT2D eigenvalue weighted by molar-refractivity contribution is -0.223. The molecule has 3 rings (SSSR count). The second-order valence-electron chi connectivity index (χ2n) is 6.24. The third-order valence-electron chi connectivity index (χ3n) is 4.56. The van der Waals surface area contributed by atoms with Gasteiger partial charge in [0.2, 0.25) is 0 Å². The standard InChI is InChI=1S/C17H18F4N2O/c18-14-8-12-2-1-5-22-15(12)13(9-14)10-23-6-3-11(4-7-23)16(24)17(19,20)21/h1-2,5,8-9,11,16,24H,3-4,6-7,10H2. The van der Waals surface area contributed by atoms with Gasteiger partial charge in [-0.3, -0.25) is 9.88 Å². The summed E-state index contributed by atoms with van der Waals surface area (Å²) >= 11 is 0. The number of piperidine rings is 1. The van der Waals surface area contributed by atoms with Crippen LogP contribution in [0, 0.1) is 11.7 Å². The number of hydrogen-bond donors (Lipinski definition) is 1. The van der Waals surface area contributed by atoms with Gasteiger partial charge in [0, 0.05) is 18.1 Å². The van der Waals surface area contributed by atoms with Crippen molar-refractivity contribution < 1.29 is 22.7 Å². The van der Waals surface area contributed by atoms with E-state index in [0.29, 0.717) is 30.5 Å². The lowest BCUT2D eigenvalue weighted by Crippen LogP contribution is -2.43. The zero-order valence-electron chi connectivity index (χ0n) is 12.9. The number of halogens is 4. The van der Waals surface area contributed by atoms with Gasteiger partial charge in [-0.05, 0) is 55.6 Å². The van der Waals surface area contributed by atoms with Crippen LogP contribution in [0.4, 0.5) is 17.6 Å². The van der Waals surface area contributed by atoms with Crippen LogP contribution in [0.5, 0.6) is 0 Å². The molecule has 1 atom stereocenters. The first-order chi connectivity index (χ1) is 11.3. The van der Waals surface area contributed by atoms with Gasteiger partial charge in [0.15, 0.2) is 6.10 Å². The Balaban J connectivity index is 1.69. The Morgan fingerprint density at radius 3 is 2.62 bits per heavy atom. The highest BCUT2D eigenvalue weighted by Crippen LogP contribution is 2.32. The molecule has 1 unspecified atom stereocenters. The first-order valence-electron chi connectivity index (χ1n) is 7.85. The molecule has 0 saturated carbocycles. The maximum absolute atomic E-state index is 13.7. The zero-order valence-corrected chi connectivity index (χ0v) is 12.9. The van der Waals surface area contributed by atoms with Gasteiger partial charge >= 0.3 is 6.18 Å². The topological polar surface area (TPSA) is 36.4 Å². The Morgan fingerprint density at radius 2 is 1.96 bits per heavy atom. The van der Waals surface area contributed by atoms with E-state index in [2.05, 4.69) is 4.98 Å². The van der Waals surface area contributed by atoms with Gasteiger partial charge in [0.1, 0.15) is 5.82 Å². The zero-order chi connectivity index (χ0) is 17.3. The first-order valence-corrected chi connectivity index (χ1v) is 7.85. The molecular weight excluding hydrogens is 324 g/mol. The summed E-state index contributed by atoms with van der Waals surface area (Å²) in [5.74, 6) is -1.13. The van der Waals surface area contributed by atoms with E-state index >= 15 is 0 Å². The number of aromatic nitrogens is 1. The Hall–Kier alpha value is -1.73. The molecule has 1 saturated heterocycles. The number of benzene rings is 1. The number of likely N-dealkylation sites (tertiary alicyclic amines) is 1. The van der Waals surface area contributed by atoms with Crippen molar-refractivity contribution in [3.8, 4) is 0 Å². The van der Waals surface area contributed by atoms with Crippen molar-refractivity contribution in [2.24, 2.45) is 5.92 Å². The molecule has 0 aliphatic carbocycles. The van der Waals surface area contributed by atoms with Gasteiger partial charge in [-0.2, -0.15) is 13.2 Å². The molecule has 2 aromatic rings. The fourth-order valence-electron chi connectivity index (χ4n) is 3.28. The Labute approximate surface area is 136 Å². The van der Waals surface area contributed by atoms with Crippen LogP contribution in [0.25, 0.3) is 10.9 Å². The van der Waals surface area contributed by atoms with Crippen molar-refractivity contribution in [2.45, 2.75) is 31.7 Å². The molecule has 0 bridgehead atoms. The van der Waals surface area contributed by atoms with Crippen molar-refractivity contribution in [2.75, 3.05) is 13.1 Å². The van der Waals surface area contributed by atoms with Crippen molar-refractivity contribution in [3.63, 3.8) is 0 Å². The molecule has 2 heterocycles. The fourth-order valence-corrected chi connectivity index (χ4v) is 3.28. The number of fused-ring (bicyclic) bond motifs is 1. The van der Waals surface area contributed by atoms with Crippen LogP contribution < -0.4 is 0 Å². The maximum atomic E-state index is 13.7.